The van der Waals surface area contributed by atoms with Crippen LogP contribution in [0.25, 0.3) is 0 Å². The molecule has 0 aromatic heterocycles. The Morgan fingerprint density at radius 2 is 1.13 bits per heavy atom. The zero-order chi connectivity index (χ0) is 11.0. The van der Waals surface area contributed by atoms with E-state index in [0.29, 0.717) is 12.1 Å². The van der Waals surface area contributed by atoms with Gasteiger partial charge in [-0.05, 0) is 0 Å². The third-order valence-electron chi connectivity index (χ3n) is 1.44. The number of rotatable bonds is 0. The summed E-state index contributed by atoms with van der Waals surface area (Å²) in [5.74, 6) is 0. The molecule has 1 rings (SSSR count). The van der Waals surface area contributed by atoms with E-state index in [1.807, 2.05) is 0 Å². The summed E-state index contributed by atoms with van der Waals surface area (Å²) in [5.41, 5.74) is -2.71. The molecule has 0 aliphatic rings. The van der Waals surface area contributed by atoms with Crippen LogP contribution in [0.1, 0.15) is 11.1 Å². The smallest absolute Gasteiger partial charge is 0.183 e. The fourth-order valence-electron chi connectivity index (χ4n) is 0.799. The van der Waals surface area contributed by atoms with E-state index in [1.165, 1.54) is 0 Å². The molecular weight excluding hydrogens is 405 g/mol. The van der Waals surface area contributed by atoms with Crippen molar-refractivity contribution in [1.82, 2.24) is 0 Å². The summed E-state index contributed by atoms with van der Waals surface area (Å²) in [7, 11) is 0. The van der Waals surface area contributed by atoms with Crippen molar-refractivity contribution in [2.45, 2.75) is 12.4 Å². The topological polar surface area (TPSA) is 0 Å². The summed E-state index contributed by atoms with van der Waals surface area (Å²) in [4.78, 5) is 0. The monoisotopic (exact) mass is 408 g/mol. The summed E-state index contributed by atoms with van der Waals surface area (Å²) in [6, 6.07) is 2.79. The maximum Gasteiger partial charge on any atom is 0.370 e. The minimum absolute atomic E-state index is 0. The van der Waals surface area contributed by atoms with Gasteiger partial charge in [-0.15, -0.1) is 6.07 Å². The van der Waals surface area contributed by atoms with Gasteiger partial charge >= 0.3 is 12.4 Å². The fraction of sp³-hybridized carbons (Fsp3) is 0.250. The summed E-state index contributed by atoms with van der Waals surface area (Å²) in [6.07, 6.45) is -9.56. The van der Waals surface area contributed by atoms with Crippen LogP contribution in [0.15, 0.2) is 18.2 Å². The minimum Gasteiger partial charge on any atom is -0.183 e. The summed E-state index contributed by atoms with van der Waals surface area (Å²) >= 11 is 0. The van der Waals surface area contributed by atoms with Crippen LogP contribution in [0.5, 0.6) is 0 Å². The van der Waals surface area contributed by atoms with E-state index >= 15 is 0 Å². The molecule has 0 aliphatic carbocycles. The largest absolute Gasteiger partial charge is 0.370 e. The molecule has 0 aliphatic heterocycles. The van der Waals surface area contributed by atoms with Crippen molar-refractivity contribution in [1.29, 1.82) is 0 Å². The molecule has 7 heteroatoms. The Bertz CT molecular complexity index is 297. The molecule has 0 bridgehead atoms. The number of benzene rings is 1. The van der Waals surface area contributed by atoms with Crippen molar-refractivity contribution < 1.29 is 47.4 Å². The van der Waals surface area contributed by atoms with Crippen molar-refractivity contribution in [2.75, 3.05) is 0 Å². The average Bonchev–Trinajstić information content (AvgIpc) is 2.01. The zero-order valence-electron chi connectivity index (χ0n) is 6.82. The van der Waals surface area contributed by atoms with Crippen LogP contribution >= 0.6 is 0 Å². The Kier molecular flexibility index (Phi) is 4.40. The van der Waals surface area contributed by atoms with Crippen LogP contribution in [-0.2, 0) is 33.4 Å². The molecule has 15 heavy (non-hydrogen) atoms. The van der Waals surface area contributed by atoms with E-state index in [0.717, 1.165) is 0 Å². The molecule has 1 aromatic rings. The first-order valence-corrected chi connectivity index (χ1v) is 3.37. The third-order valence-corrected chi connectivity index (χ3v) is 1.44. The second kappa shape index (κ2) is 4.56. The van der Waals surface area contributed by atoms with Gasteiger partial charge in [0.25, 0.3) is 0 Å². The van der Waals surface area contributed by atoms with Crippen LogP contribution in [0.4, 0.5) is 26.3 Å². The van der Waals surface area contributed by atoms with Crippen LogP contribution in [0.3, 0.4) is 0 Å². The summed E-state index contributed by atoms with van der Waals surface area (Å²) in [5, 5.41) is 0. The first kappa shape index (κ1) is 14.5. The number of halogens is 6. The number of alkyl halides is 6. The summed E-state index contributed by atoms with van der Waals surface area (Å²) < 4.78 is 71.8. The Morgan fingerprint density at radius 1 is 0.800 bits per heavy atom. The quantitative estimate of drug-likeness (QED) is 0.456. The molecule has 0 amide bonds. The van der Waals surface area contributed by atoms with E-state index in [9.17, 15) is 26.3 Å². The van der Waals surface area contributed by atoms with Gasteiger partial charge in [-0.3, -0.25) is 0 Å². The van der Waals surface area contributed by atoms with Gasteiger partial charge in [-0.2, -0.15) is 44.5 Å². The normalized spacial score (nSPS) is 12.1. The molecule has 0 heterocycles. The zero-order valence-corrected chi connectivity index (χ0v) is 9.09. The average molecular weight is 408 g/mol. The predicted molar refractivity (Wildman–Crippen MR) is 35.3 cm³/mol. The van der Waals surface area contributed by atoms with Gasteiger partial charge in [-0.25, -0.2) is 0 Å². The van der Waals surface area contributed by atoms with E-state index < -0.39 is 23.5 Å². The molecule has 0 saturated heterocycles. The van der Waals surface area contributed by atoms with Crippen LogP contribution in [0.2, 0.25) is 0 Å². The molecule has 0 fully saturated rings. The van der Waals surface area contributed by atoms with Gasteiger partial charge in [0.15, 0.2) is 0 Å². The molecule has 0 nitrogen and oxygen atoms in total. The molecule has 1 aromatic carbocycles. The molecule has 0 spiro atoms. The molecule has 0 radical (unpaired) electrons. The van der Waals surface area contributed by atoms with Crippen molar-refractivity contribution in [2.24, 2.45) is 0 Å². The predicted octanol–water partition coefficient (Wildman–Crippen LogP) is 3.52. The van der Waals surface area contributed by atoms with E-state index in [4.69, 9.17) is 0 Å². The molecule has 0 saturated carbocycles. The van der Waals surface area contributed by atoms with Crippen molar-refractivity contribution in [3.63, 3.8) is 0 Å². The standard InChI is InChI=1S/C8H3F6.Pt/c9-7(10,11)5-2-1-3-6(4-5)8(12,13)14;/h2-4H;/q-1;. The molecule has 0 N–H and O–H groups in total. The Hall–Kier alpha value is -0.512. The Balaban J connectivity index is 0.00000196. The van der Waals surface area contributed by atoms with E-state index in [2.05, 4.69) is 0 Å². The van der Waals surface area contributed by atoms with Crippen LogP contribution in [-0.4, -0.2) is 0 Å². The van der Waals surface area contributed by atoms with Crippen molar-refractivity contribution in [3.8, 4) is 0 Å². The SMILES string of the molecule is FC(F)(F)c1c[c-]cc(C(F)(F)F)c1.[Pt]. The van der Waals surface area contributed by atoms with Gasteiger partial charge in [0.1, 0.15) is 0 Å². The molecule has 88 valence electrons. The Labute approximate surface area is 95.5 Å². The minimum atomic E-state index is -4.78. The first-order valence-electron chi connectivity index (χ1n) is 3.37. The van der Waals surface area contributed by atoms with Crippen molar-refractivity contribution >= 4 is 0 Å². The van der Waals surface area contributed by atoms with Gasteiger partial charge in [-0.1, -0.05) is 11.1 Å². The second-order valence-electron chi connectivity index (χ2n) is 2.51. The number of hydrogen-bond acceptors (Lipinski definition) is 0. The maximum atomic E-state index is 12.0. The first-order chi connectivity index (χ1) is 6.21. The van der Waals surface area contributed by atoms with Crippen molar-refractivity contribution in [3.05, 3.63) is 35.4 Å². The van der Waals surface area contributed by atoms with Gasteiger partial charge in [0, 0.05) is 21.1 Å². The van der Waals surface area contributed by atoms with E-state index in [-0.39, 0.29) is 27.1 Å². The molecule has 0 unspecified atom stereocenters. The van der Waals surface area contributed by atoms with Crippen LogP contribution < -0.4 is 0 Å². The third kappa shape index (κ3) is 3.86. The fourth-order valence-corrected chi connectivity index (χ4v) is 0.799. The molecule has 0 atom stereocenters. The summed E-state index contributed by atoms with van der Waals surface area (Å²) in [6.45, 7) is 0. The number of hydrogen-bond donors (Lipinski definition) is 0. The Morgan fingerprint density at radius 3 is 1.40 bits per heavy atom. The van der Waals surface area contributed by atoms with Gasteiger partial charge < -0.3 is 0 Å². The maximum absolute atomic E-state index is 12.0. The van der Waals surface area contributed by atoms with Gasteiger partial charge in [0.05, 0.1) is 0 Å². The second-order valence-corrected chi connectivity index (χ2v) is 2.51. The van der Waals surface area contributed by atoms with Crippen LogP contribution in [0, 0.1) is 6.07 Å². The van der Waals surface area contributed by atoms with Gasteiger partial charge in [0.2, 0.25) is 0 Å². The molecular formula is C8H3F6Pt-. The van der Waals surface area contributed by atoms with E-state index in [1.54, 1.807) is 6.07 Å².